The van der Waals surface area contributed by atoms with Crippen molar-refractivity contribution in [3.63, 3.8) is 0 Å². The number of halogens is 1. The van der Waals surface area contributed by atoms with Crippen LogP contribution in [0.5, 0.6) is 5.75 Å². The number of methoxy groups -OCH3 is 1. The highest BCUT2D eigenvalue weighted by molar-refractivity contribution is 6.32. The van der Waals surface area contributed by atoms with E-state index in [1.807, 2.05) is 16.8 Å². The van der Waals surface area contributed by atoms with Crippen molar-refractivity contribution in [2.24, 2.45) is 0 Å². The van der Waals surface area contributed by atoms with Crippen LogP contribution in [0.4, 0.5) is 0 Å². The number of hydrogen-bond donors (Lipinski definition) is 0. The van der Waals surface area contributed by atoms with Crippen LogP contribution in [0.15, 0.2) is 24.4 Å². The Labute approximate surface area is 139 Å². The van der Waals surface area contributed by atoms with Crippen LogP contribution in [-0.4, -0.2) is 46.2 Å². The van der Waals surface area contributed by atoms with Crippen molar-refractivity contribution in [2.45, 2.75) is 31.7 Å². The first-order valence-electron chi connectivity index (χ1n) is 7.80. The summed E-state index contributed by atoms with van der Waals surface area (Å²) in [4.78, 5) is 2.40. The van der Waals surface area contributed by atoms with Crippen LogP contribution in [0.25, 0.3) is 0 Å². The Kier molecular flexibility index (Phi) is 3.97. The SMILES string of the molecule is COc1ccc(CN2CC[C@@H]3[C@@H](C2)OCc2cnnn23)cc1Cl. The first kappa shape index (κ1) is 14.9. The van der Waals surface area contributed by atoms with Gasteiger partial charge in [0.25, 0.3) is 0 Å². The van der Waals surface area contributed by atoms with E-state index in [-0.39, 0.29) is 6.10 Å². The predicted octanol–water partition coefficient (Wildman–Crippen LogP) is 2.29. The lowest BCUT2D eigenvalue weighted by molar-refractivity contribution is -0.0704. The highest BCUT2D eigenvalue weighted by Crippen LogP contribution is 2.31. The lowest BCUT2D eigenvalue weighted by atomic mass is 9.99. The molecule has 23 heavy (non-hydrogen) atoms. The normalized spacial score (nSPS) is 24.1. The van der Waals surface area contributed by atoms with Crippen molar-refractivity contribution in [2.75, 3.05) is 20.2 Å². The van der Waals surface area contributed by atoms with Crippen LogP contribution < -0.4 is 4.74 Å². The summed E-state index contributed by atoms with van der Waals surface area (Å²) in [6, 6.07) is 6.26. The number of fused-ring (bicyclic) bond motifs is 3. The summed E-state index contributed by atoms with van der Waals surface area (Å²) >= 11 is 6.21. The van der Waals surface area contributed by atoms with Crippen LogP contribution in [0.1, 0.15) is 23.7 Å². The van der Waals surface area contributed by atoms with Gasteiger partial charge in [-0.05, 0) is 24.1 Å². The molecule has 2 aliphatic heterocycles. The fraction of sp³-hybridized carbons (Fsp3) is 0.500. The van der Waals surface area contributed by atoms with Gasteiger partial charge in [0.05, 0.1) is 42.8 Å². The molecule has 122 valence electrons. The minimum atomic E-state index is 0.173. The molecule has 3 heterocycles. The second-order valence-corrected chi connectivity index (χ2v) is 6.49. The molecule has 0 amide bonds. The highest BCUT2D eigenvalue weighted by atomic mass is 35.5. The molecule has 6 nitrogen and oxygen atoms in total. The summed E-state index contributed by atoms with van der Waals surface area (Å²) in [5.41, 5.74) is 2.26. The maximum absolute atomic E-state index is 6.21. The van der Waals surface area contributed by atoms with Crippen LogP contribution in [-0.2, 0) is 17.9 Å². The average molecular weight is 335 g/mol. The summed E-state index contributed by atoms with van der Waals surface area (Å²) in [5.74, 6) is 0.712. The zero-order valence-corrected chi connectivity index (χ0v) is 13.7. The molecular weight excluding hydrogens is 316 g/mol. The topological polar surface area (TPSA) is 52.4 Å². The summed E-state index contributed by atoms with van der Waals surface area (Å²) < 4.78 is 13.2. The number of ether oxygens (including phenoxy) is 2. The van der Waals surface area contributed by atoms with Gasteiger partial charge >= 0.3 is 0 Å². The molecule has 1 fully saturated rings. The van der Waals surface area contributed by atoms with Gasteiger partial charge in [0.2, 0.25) is 0 Å². The Morgan fingerprint density at radius 1 is 1.43 bits per heavy atom. The molecule has 1 aromatic heterocycles. The Morgan fingerprint density at radius 2 is 2.35 bits per heavy atom. The monoisotopic (exact) mass is 334 g/mol. The molecule has 7 heteroatoms. The lowest BCUT2D eigenvalue weighted by Gasteiger charge is -2.41. The van der Waals surface area contributed by atoms with Gasteiger partial charge in [-0.25, -0.2) is 4.68 Å². The third-order valence-electron chi connectivity index (χ3n) is 4.64. The summed E-state index contributed by atoms with van der Waals surface area (Å²) in [6.07, 6.45) is 2.99. The standard InChI is InChI=1S/C16H19ClN4O2/c1-22-15-3-2-11(6-13(15)17)8-20-5-4-14-16(9-20)23-10-12-7-18-19-21(12)14/h2-3,6-7,14,16H,4-5,8-10H2,1H3/t14-,16-/m1/s1. The Bertz CT molecular complexity index is 705. The molecule has 0 saturated carbocycles. The van der Waals surface area contributed by atoms with Gasteiger partial charge in [-0.3, -0.25) is 4.90 Å². The number of piperidine rings is 1. The van der Waals surface area contributed by atoms with Gasteiger partial charge in [0.1, 0.15) is 5.75 Å². The van der Waals surface area contributed by atoms with Gasteiger partial charge < -0.3 is 9.47 Å². The lowest BCUT2D eigenvalue weighted by Crippen LogP contribution is -2.48. The predicted molar refractivity (Wildman–Crippen MR) is 85.5 cm³/mol. The molecule has 0 spiro atoms. The number of nitrogens with zero attached hydrogens (tertiary/aromatic N) is 4. The van der Waals surface area contributed by atoms with E-state index < -0.39 is 0 Å². The third-order valence-corrected chi connectivity index (χ3v) is 4.93. The molecule has 2 aromatic rings. The number of aromatic nitrogens is 3. The average Bonchev–Trinajstić information content (AvgIpc) is 3.04. The van der Waals surface area contributed by atoms with E-state index in [9.17, 15) is 0 Å². The van der Waals surface area contributed by atoms with E-state index in [0.29, 0.717) is 23.4 Å². The first-order valence-corrected chi connectivity index (χ1v) is 8.18. The number of hydrogen-bond acceptors (Lipinski definition) is 5. The Balaban J connectivity index is 1.44. The van der Waals surface area contributed by atoms with Crippen molar-refractivity contribution in [3.05, 3.63) is 40.7 Å². The van der Waals surface area contributed by atoms with E-state index in [1.54, 1.807) is 13.3 Å². The molecule has 4 rings (SSSR count). The zero-order valence-electron chi connectivity index (χ0n) is 13.0. The molecule has 1 saturated heterocycles. The second-order valence-electron chi connectivity index (χ2n) is 6.08. The van der Waals surface area contributed by atoms with Crippen molar-refractivity contribution >= 4 is 11.6 Å². The van der Waals surface area contributed by atoms with Crippen LogP contribution >= 0.6 is 11.6 Å². The molecule has 0 unspecified atom stereocenters. The fourth-order valence-corrected chi connectivity index (χ4v) is 3.74. The van der Waals surface area contributed by atoms with Gasteiger partial charge in [0.15, 0.2) is 0 Å². The van der Waals surface area contributed by atoms with E-state index >= 15 is 0 Å². The summed E-state index contributed by atoms with van der Waals surface area (Å²) in [5, 5.41) is 8.87. The molecule has 0 bridgehead atoms. The quantitative estimate of drug-likeness (QED) is 0.862. The number of benzene rings is 1. The van der Waals surface area contributed by atoms with Gasteiger partial charge in [-0.1, -0.05) is 22.9 Å². The van der Waals surface area contributed by atoms with E-state index in [2.05, 4.69) is 21.3 Å². The molecule has 0 N–H and O–H groups in total. The minimum absolute atomic E-state index is 0.173. The highest BCUT2D eigenvalue weighted by Gasteiger charge is 2.36. The zero-order chi connectivity index (χ0) is 15.8. The van der Waals surface area contributed by atoms with Crippen LogP contribution in [0.3, 0.4) is 0 Å². The molecular formula is C16H19ClN4O2. The van der Waals surface area contributed by atoms with Crippen molar-refractivity contribution in [1.29, 1.82) is 0 Å². The molecule has 1 aromatic carbocycles. The number of likely N-dealkylation sites (tertiary alicyclic amines) is 1. The molecule has 2 aliphatic rings. The molecule has 2 atom stereocenters. The first-order chi connectivity index (χ1) is 11.2. The third kappa shape index (κ3) is 2.82. The van der Waals surface area contributed by atoms with Crippen LogP contribution in [0, 0.1) is 0 Å². The van der Waals surface area contributed by atoms with Gasteiger partial charge in [0, 0.05) is 19.6 Å². The van der Waals surface area contributed by atoms with E-state index in [0.717, 1.165) is 31.7 Å². The van der Waals surface area contributed by atoms with Crippen molar-refractivity contribution in [3.8, 4) is 5.75 Å². The smallest absolute Gasteiger partial charge is 0.137 e. The van der Waals surface area contributed by atoms with Gasteiger partial charge in [-0.15, -0.1) is 5.10 Å². The van der Waals surface area contributed by atoms with Crippen LogP contribution in [0.2, 0.25) is 5.02 Å². The van der Waals surface area contributed by atoms with Crippen molar-refractivity contribution in [1.82, 2.24) is 19.9 Å². The van der Waals surface area contributed by atoms with E-state index in [1.165, 1.54) is 5.56 Å². The summed E-state index contributed by atoms with van der Waals surface area (Å²) in [7, 11) is 1.63. The maximum Gasteiger partial charge on any atom is 0.137 e. The maximum atomic E-state index is 6.21. The van der Waals surface area contributed by atoms with Crippen molar-refractivity contribution < 1.29 is 9.47 Å². The largest absolute Gasteiger partial charge is 0.495 e. The Hall–Kier alpha value is -1.63. The second kappa shape index (κ2) is 6.11. The van der Waals surface area contributed by atoms with Gasteiger partial charge in [-0.2, -0.15) is 0 Å². The minimum Gasteiger partial charge on any atom is -0.495 e. The molecule has 0 radical (unpaired) electrons. The molecule has 0 aliphatic carbocycles. The summed E-state index contributed by atoms with van der Waals surface area (Å²) in [6.45, 7) is 3.36. The van der Waals surface area contributed by atoms with E-state index in [4.69, 9.17) is 21.1 Å². The fourth-order valence-electron chi connectivity index (χ4n) is 3.46. The number of rotatable bonds is 3. The Morgan fingerprint density at radius 3 is 3.17 bits per heavy atom.